The van der Waals surface area contributed by atoms with Gasteiger partial charge in [0, 0.05) is 17.3 Å². The highest BCUT2D eigenvalue weighted by molar-refractivity contribution is 5.95. The van der Waals surface area contributed by atoms with Gasteiger partial charge in [-0.1, -0.05) is 33.6 Å². The van der Waals surface area contributed by atoms with E-state index in [9.17, 15) is 4.79 Å². The molecule has 1 amide bonds. The van der Waals surface area contributed by atoms with Crippen LogP contribution in [0.5, 0.6) is 0 Å². The van der Waals surface area contributed by atoms with Crippen molar-refractivity contribution >= 4 is 11.7 Å². The van der Waals surface area contributed by atoms with Gasteiger partial charge in [-0.15, -0.1) is 0 Å². The third-order valence-electron chi connectivity index (χ3n) is 3.77. The summed E-state index contributed by atoms with van der Waals surface area (Å²) in [5.74, 6) is 6.34. The summed E-state index contributed by atoms with van der Waals surface area (Å²) < 4.78 is 0. The molecule has 112 valence electrons. The number of aryl methyl sites for hydroxylation is 1. The molecule has 1 unspecified atom stereocenters. The smallest absolute Gasteiger partial charge is 0.251 e. The zero-order chi connectivity index (χ0) is 15.1. The number of hydrazine groups is 1. The molecule has 1 aromatic rings. The van der Waals surface area contributed by atoms with Gasteiger partial charge in [-0.3, -0.25) is 4.79 Å². The van der Waals surface area contributed by atoms with Crippen molar-refractivity contribution in [3.05, 3.63) is 23.4 Å². The average Bonchev–Trinajstić information content (AvgIpc) is 2.47. The SMILES string of the molecule is CCc1cc(C(=O)NC(C)C(CC)CC)cc(NN)n1. The lowest BCUT2D eigenvalue weighted by atomic mass is 9.95. The third-order valence-corrected chi connectivity index (χ3v) is 3.77. The number of aromatic nitrogens is 1. The quantitative estimate of drug-likeness (QED) is 0.529. The number of pyridine rings is 1. The van der Waals surface area contributed by atoms with Crippen molar-refractivity contribution in [1.82, 2.24) is 10.3 Å². The number of nitrogens with two attached hydrogens (primary N) is 1. The number of carbonyl (C=O) groups is 1. The summed E-state index contributed by atoms with van der Waals surface area (Å²) in [5, 5.41) is 3.07. The Morgan fingerprint density at radius 2 is 1.95 bits per heavy atom. The summed E-state index contributed by atoms with van der Waals surface area (Å²) in [7, 11) is 0. The lowest BCUT2D eigenvalue weighted by Gasteiger charge is -2.22. The van der Waals surface area contributed by atoms with Gasteiger partial charge in [-0.25, -0.2) is 10.8 Å². The zero-order valence-electron chi connectivity index (χ0n) is 12.9. The number of carbonyl (C=O) groups excluding carboxylic acids is 1. The Morgan fingerprint density at radius 3 is 2.45 bits per heavy atom. The summed E-state index contributed by atoms with van der Waals surface area (Å²) in [6, 6.07) is 3.65. The van der Waals surface area contributed by atoms with Crippen molar-refractivity contribution in [2.24, 2.45) is 11.8 Å². The van der Waals surface area contributed by atoms with E-state index in [2.05, 4.69) is 36.5 Å². The van der Waals surface area contributed by atoms with Crippen LogP contribution in [0.2, 0.25) is 0 Å². The van der Waals surface area contributed by atoms with Gasteiger partial charge in [0.2, 0.25) is 0 Å². The molecule has 1 heterocycles. The predicted octanol–water partition coefficient (Wildman–Crippen LogP) is 2.48. The summed E-state index contributed by atoms with van der Waals surface area (Å²) in [6.45, 7) is 8.35. The Kier molecular flexibility index (Phi) is 6.45. The van der Waals surface area contributed by atoms with Gasteiger partial charge in [0.25, 0.3) is 5.91 Å². The number of nitrogens with zero attached hydrogens (tertiary/aromatic N) is 1. The second kappa shape index (κ2) is 7.85. The average molecular weight is 278 g/mol. The van der Waals surface area contributed by atoms with Gasteiger partial charge in [0.1, 0.15) is 5.82 Å². The van der Waals surface area contributed by atoms with Crippen LogP contribution in [0.3, 0.4) is 0 Å². The maximum Gasteiger partial charge on any atom is 0.251 e. The van der Waals surface area contributed by atoms with Crippen LogP contribution in [0.15, 0.2) is 12.1 Å². The van der Waals surface area contributed by atoms with Gasteiger partial charge in [-0.05, 0) is 31.4 Å². The van der Waals surface area contributed by atoms with E-state index < -0.39 is 0 Å². The molecule has 4 N–H and O–H groups in total. The Bertz CT molecular complexity index is 421. The van der Waals surface area contributed by atoms with Crippen molar-refractivity contribution in [3.8, 4) is 0 Å². The van der Waals surface area contributed by atoms with E-state index in [1.807, 2.05) is 13.0 Å². The maximum atomic E-state index is 12.3. The maximum absolute atomic E-state index is 12.3. The zero-order valence-corrected chi connectivity index (χ0v) is 12.9. The molecule has 0 bridgehead atoms. The van der Waals surface area contributed by atoms with Gasteiger partial charge in [-0.2, -0.15) is 0 Å². The number of amides is 1. The highest BCUT2D eigenvalue weighted by Gasteiger charge is 2.17. The number of hydrogen-bond donors (Lipinski definition) is 3. The molecule has 0 aromatic carbocycles. The molecular formula is C15H26N4O. The number of nitrogens with one attached hydrogen (secondary N) is 2. The Morgan fingerprint density at radius 1 is 1.30 bits per heavy atom. The van der Waals surface area contributed by atoms with Crippen LogP contribution in [0.25, 0.3) is 0 Å². The molecule has 5 heteroatoms. The first-order valence-corrected chi connectivity index (χ1v) is 7.34. The van der Waals surface area contributed by atoms with Crippen molar-refractivity contribution < 1.29 is 4.79 Å². The van der Waals surface area contributed by atoms with E-state index in [0.717, 1.165) is 25.0 Å². The lowest BCUT2D eigenvalue weighted by molar-refractivity contribution is 0.0925. The second-order valence-corrected chi connectivity index (χ2v) is 5.07. The number of nitrogen functional groups attached to an aromatic ring is 1. The molecule has 0 spiro atoms. The Hall–Kier alpha value is -1.62. The summed E-state index contributed by atoms with van der Waals surface area (Å²) >= 11 is 0. The molecule has 0 aliphatic heterocycles. The van der Waals surface area contributed by atoms with E-state index in [1.165, 1.54) is 0 Å². The third kappa shape index (κ3) is 4.20. The molecule has 0 saturated heterocycles. The van der Waals surface area contributed by atoms with E-state index in [4.69, 9.17) is 5.84 Å². The van der Waals surface area contributed by atoms with Crippen molar-refractivity contribution in [2.75, 3.05) is 5.43 Å². The fourth-order valence-electron chi connectivity index (χ4n) is 2.38. The molecule has 20 heavy (non-hydrogen) atoms. The molecule has 0 aliphatic carbocycles. The fourth-order valence-corrected chi connectivity index (χ4v) is 2.38. The van der Waals surface area contributed by atoms with E-state index in [-0.39, 0.29) is 11.9 Å². The molecule has 0 radical (unpaired) electrons. The summed E-state index contributed by atoms with van der Waals surface area (Å²) in [5.41, 5.74) is 3.95. The lowest BCUT2D eigenvalue weighted by Crippen LogP contribution is -2.37. The molecule has 0 saturated carbocycles. The topological polar surface area (TPSA) is 80.0 Å². The Labute approximate surface area is 121 Å². The van der Waals surface area contributed by atoms with Gasteiger partial charge in [0.05, 0.1) is 0 Å². The first-order chi connectivity index (χ1) is 9.55. The van der Waals surface area contributed by atoms with Crippen LogP contribution < -0.4 is 16.6 Å². The van der Waals surface area contributed by atoms with Crippen molar-refractivity contribution in [2.45, 2.75) is 53.0 Å². The highest BCUT2D eigenvalue weighted by Crippen LogP contribution is 2.15. The normalized spacial score (nSPS) is 12.3. The molecule has 1 aromatic heterocycles. The van der Waals surface area contributed by atoms with E-state index in [0.29, 0.717) is 17.3 Å². The summed E-state index contributed by atoms with van der Waals surface area (Å²) in [6.07, 6.45) is 2.88. The van der Waals surface area contributed by atoms with Crippen LogP contribution in [0.1, 0.15) is 56.6 Å². The minimum Gasteiger partial charge on any atom is -0.349 e. The van der Waals surface area contributed by atoms with Crippen LogP contribution >= 0.6 is 0 Å². The largest absolute Gasteiger partial charge is 0.349 e. The van der Waals surface area contributed by atoms with E-state index >= 15 is 0 Å². The van der Waals surface area contributed by atoms with Crippen LogP contribution in [-0.2, 0) is 6.42 Å². The van der Waals surface area contributed by atoms with Crippen LogP contribution in [-0.4, -0.2) is 16.9 Å². The molecule has 1 atom stereocenters. The standard InChI is InChI=1S/C15H26N4O/c1-5-11(6-2)10(4)17-15(20)12-8-13(7-3)18-14(9-12)19-16/h8-11H,5-7,16H2,1-4H3,(H,17,20)(H,18,19). The fraction of sp³-hybridized carbons (Fsp3) is 0.600. The van der Waals surface area contributed by atoms with Gasteiger partial charge in [0.15, 0.2) is 0 Å². The first-order valence-electron chi connectivity index (χ1n) is 7.34. The number of hydrogen-bond acceptors (Lipinski definition) is 4. The van der Waals surface area contributed by atoms with Crippen LogP contribution in [0.4, 0.5) is 5.82 Å². The second-order valence-electron chi connectivity index (χ2n) is 5.07. The molecule has 0 aliphatic rings. The van der Waals surface area contributed by atoms with E-state index in [1.54, 1.807) is 6.07 Å². The summed E-state index contributed by atoms with van der Waals surface area (Å²) in [4.78, 5) is 16.6. The van der Waals surface area contributed by atoms with Crippen LogP contribution in [0, 0.1) is 5.92 Å². The van der Waals surface area contributed by atoms with Gasteiger partial charge < -0.3 is 10.7 Å². The van der Waals surface area contributed by atoms with Gasteiger partial charge >= 0.3 is 0 Å². The van der Waals surface area contributed by atoms with Crippen molar-refractivity contribution in [1.29, 1.82) is 0 Å². The molecular weight excluding hydrogens is 252 g/mol. The molecule has 5 nitrogen and oxygen atoms in total. The number of rotatable bonds is 7. The monoisotopic (exact) mass is 278 g/mol. The molecule has 1 rings (SSSR count). The van der Waals surface area contributed by atoms with Crippen molar-refractivity contribution in [3.63, 3.8) is 0 Å². The number of anilines is 1. The minimum absolute atomic E-state index is 0.0713. The molecule has 0 fully saturated rings. The minimum atomic E-state index is -0.0713. The first kappa shape index (κ1) is 16.4. The Balaban J connectivity index is 2.86. The predicted molar refractivity (Wildman–Crippen MR) is 82.4 cm³/mol. The highest BCUT2D eigenvalue weighted by atomic mass is 16.1.